The predicted octanol–water partition coefficient (Wildman–Crippen LogP) is 2.79. The van der Waals surface area contributed by atoms with Crippen LogP contribution in [0.4, 0.5) is 0 Å². The zero-order valence-electron chi connectivity index (χ0n) is 16.6. The first-order valence-corrected chi connectivity index (χ1v) is 10.9. The van der Waals surface area contributed by atoms with E-state index in [1.807, 2.05) is 4.90 Å². The number of hydrogen-bond acceptors (Lipinski definition) is 4. The lowest BCUT2D eigenvalue weighted by Crippen LogP contribution is -2.42. The highest BCUT2D eigenvalue weighted by Gasteiger charge is 2.26. The molecule has 7 heteroatoms. The molecule has 0 aromatic heterocycles. The summed E-state index contributed by atoms with van der Waals surface area (Å²) in [6.07, 6.45) is 1.98. The fourth-order valence-corrected chi connectivity index (χ4v) is 4.85. The Balaban J connectivity index is 1.89. The van der Waals surface area contributed by atoms with Crippen molar-refractivity contribution in [1.82, 2.24) is 9.21 Å². The van der Waals surface area contributed by atoms with Gasteiger partial charge in [-0.25, -0.2) is 12.7 Å². The molecule has 1 amide bonds. The number of hydrogen-bond donors (Lipinski definition) is 0. The number of nitrogens with zero attached hydrogens (tertiary/aromatic N) is 2. The lowest BCUT2D eigenvalue weighted by Gasteiger charge is -2.35. The van der Waals surface area contributed by atoms with Gasteiger partial charge < -0.3 is 4.90 Å². The summed E-state index contributed by atoms with van der Waals surface area (Å²) in [4.78, 5) is 25.8. The van der Waals surface area contributed by atoms with Crippen LogP contribution in [-0.2, 0) is 14.8 Å². The van der Waals surface area contributed by atoms with Crippen molar-refractivity contribution in [3.63, 3.8) is 0 Å². The number of piperidine rings is 1. The Bertz CT molecular complexity index is 764. The number of carbonyl (C=O) groups excluding carboxylic acids is 2. The highest BCUT2D eigenvalue weighted by Crippen LogP contribution is 2.22. The predicted molar refractivity (Wildman–Crippen MR) is 105 cm³/mol. The van der Waals surface area contributed by atoms with Gasteiger partial charge in [-0.15, -0.1) is 0 Å². The summed E-state index contributed by atoms with van der Waals surface area (Å²) in [5.74, 6) is 1.02. The fourth-order valence-electron chi connectivity index (χ4n) is 3.64. The van der Waals surface area contributed by atoms with Gasteiger partial charge in [0.05, 0.1) is 4.90 Å². The van der Waals surface area contributed by atoms with E-state index in [-0.39, 0.29) is 23.1 Å². The number of ketones is 1. The Morgan fingerprint density at radius 2 is 1.67 bits per heavy atom. The molecule has 1 saturated heterocycles. The molecule has 1 heterocycles. The molecule has 27 heavy (non-hydrogen) atoms. The third kappa shape index (κ3) is 5.62. The highest BCUT2D eigenvalue weighted by atomic mass is 32.2. The molecule has 0 spiro atoms. The third-order valence-electron chi connectivity index (χ3n) is 5.05. The van der Waals surface area contributed by atoms with Gasteiger partial charge in [0.2, 0.25) is 15.9 Å². The zero-order chi connectivity index (χ0) is 20.2. The molecule has 1 aliphatic heterocycles. The van der Waals surface area contributed by atoms with Crippen LogP contribution in [0.5, 0.6) is 0 Å². The van der Waals surface area contributed by atoms with Crippen LogP contribution in [0, 0.1) is 11.8 Å². The number of likely N-dealkylation sites (tertiary alicyclic amines) is 1. The van der Waals surface area contributed by atoms with Crippen LogP contribution in [0.3, 0.4) is 0 Å². The number of amides is 1. The second kappa shape index (κ2) is 8.97. The number of Topliss-reactive ketones (excluding diaryl/α,β-unsaturated/α-hetero) is 1. The van der Waals surface area contributed by atoms with Crippen molar-refractivity contribution in [1.29, 1.82) is 0 Å². The van der Waals surface area contributed by atoms with E-state index in [4.69, 9.17) is 0 Å². The summed E-state index contributed by atoms with van der Waals surface area (Å²) < 4.78 is 26.5. The molecule has 2 atom stereocenters. The van der Waals surface area contributed by atoms with Gasteiger partial charge in [0.25, 0.3) is 0 Å². The number of benzene rings is 1. The maximum Gasteiger partial charge on any atom is 0.242 e. The molecular weight excluding hydrogens is 364 g/mol. The Hall–Kier alpha value is -1.73. The summed E-state index contributed by atoms with van der Waals surface area (Å²) in [6.45, 7) is 7.62. The summed E-state index contributed by atoms with van der Waals surface area (Å²) in [6, 6.07) is 5.94. The van der Waals surface area contributed by atoms with E-state index >= 15 is 0 Å². The second-order valence-electron chi connectivity index (χ2n) is 7.76. The fraction of sp³-hybridized carbons (Fsp3) is 0.600. The molecule has 0 saturated carbocycles. The standard InChI is InChI=1S/C20H30N2O4S/c1-15-12-16(2)14-22(13-15)20(24)6-5-11-21(4)27(25,26)19-9-7-18(8-10-19)17(3)23/h7-10,15-16H,5-6,11-14H2,1-4H3. The third-order valence-corrected chi connectivity index (χ3v) is 6.93. The van der Waals surface area contributed by atoms with Gasteiger partial charge in [-0.3, -0.25) is 9.59 Å². The topological polar surface area (TPSA) is 74.8 Å². The van der Waals surface area contributed by atoms with Gasteiger partial charge in [-0.05, 0) is 43.7 Å². The Kier molecular flexibility index (Phi) is 7.17. The van der Waals surface area contributed by atoms with Crippen molar-refractivity contribution in [3.05, 3.63) is 29.8 Å². The lowest BCUT2D eigenvalue weighted by molar-refractivity contribution is -0.134. The molecule has 0 N–H and O–H groups in total. The summed E-state index contributed by atoms with van der Waals surface area (Å²) in [5.41, 5.74) is 0.479. The molecule has 2 rings (SSSR count). The van der Waals surface area contributed by atoms with Gasteiger partial charge in [-0.2, -0.15) is 0 Å². The monoisotopic (exact) mass is 394 g/mol. The van der Waals surface area contributed by atoms with Crippen LogP contribution in [0.15, 0.2) is 29.2 Å². The molecule has 6 nitrogen and oxygen atoms in total. The number of carbonyl (C=O) groups is 2. The maximum atomic E-state index is 12.6. The van der Waals surface area contributed by atoms with Crippen molar-refractivity contribution in [2.24, 2.45) is 11.8 Å². The molecule has 1 aromatic rings. The van der Waals surface area contributed by atoms with E-state index in [0.717, 1.165) is 19.5 Å². The second-order valence-corrected chi connectivity index (χ2v) is 9.80. The normalized spacial score (nSPS) is 20.7. The Morgan fingerprint density at radius 3 is 2.19 bits per heavy atom. The first-order valence-electron chi connectivity index (χ1n) is 9.46. The summed E-state index contributed by atoms with van der Waals surface area (Å²) in [7, 11) is -2.11. The molecule has 0 bridgehead atoms. The van der Waals surface area contributed by atoms with Crippen molar-refractivity contribution in [2.45, 2.75) is 44.9 Å². The van der Waals surface area contributed by atoms with Crippen LogP contribution in [0.25, 0.3) is 0 Å². The average Bonchev–Trinajstić information content (AvgIpc) is 2.60. The van der Waals surface area contributed by atoms with Crippen molar-refractivity contribution in [2.75, 3.05) is 26.7 Å². The summed E-state index contributed by atoms with van der Waals surface area (Å²) >= 11 is 0. The largest absolute Gasteiger partial charge is 0.342 e. The Labute approximate surface area is 162 Å². The first-order chi connectivity index (χ1) is 12.6. The van der Waals surface area contributed by atoms with Crippen molar-refractivity contribution >= 4 is 21.7 Å². The van der Waals surface area contributed by atoms with E-state index in [9.17, 15) is 18.0 Å². The van der Waals surface area contributed by atoms with E-state index in [1.54, 1.807) is 0 Å². The van der Waals surface area contributed by atoms with Crippen LogP contribution < -0.4 is 0 Å². The minimum absolute atomic E-state index is 0.102. The lowest BCUT2D eigenvalue weighted by atomic mass is 9.91. The number of sulfonamides is 1. The van der Waals surface area contributed by atoms with Gasteiger partial charge >= 0.3 is 0 Å². The molecule has 0 radical (unpaired) electrons. The summed E-state index contributed by atoms with van der Waals surface area (Å²) in [5, 5.41) is 0. The van der Waals surface area contributed by atoms with Gasteiger partial charge in [0, 0.05) is 38.7 Å². The van der Waals surface area contributed by atoms with Crippen LogP contribution in [0.2, 0.25) is 0 Å². The van der Waals surface area contributed by atoms with E-state index in [0.29, 0.717) is 30.2 Å². The minimum atomic E-state index is -3.62. The van der Waals surface area contributed by atoms with Crippen LogP contribution in [0.1, 0.15) is 50.4 Å². The average molecular weight is 395 g/mol. The molecule has 150 valence electrons. The van der Waals surface area contributed by atoms with Crippen molar-refractivity contribution < 1.29 is 18.0 Å². The smallest absolute Gasteiger partial charge is 0.242 e. The van der Waals surface area contributed by atoms with Gasteiger partial charge in [0.15, 0.2) is 5.78 Å². The zero-order valence-corrected chi connectivity index (χ0v) is 17.5. The van der Waals surface area contributed by atoms with Gasteiger partial charge in [0.1, 0.15) is 0 Å². The minimum Gasteiger partial charge on any atom is -0.342 e. The van der Waals surface area contributed by atoms with E-state index in [1.165, 1.54) is 42.5 Å². The Morgan fingerprint density at radius 1 is 1.11 bits per heavy atom. The van der Waals surface area contributed by atoms with E-state index < -0.39 is 10.0 Å². The highest BCUT2D eigenvalue weighted by molar-refractivity contribution is 7.89. The van der Waals surface area contributed by atoms with Crippen LogP contribution >= 0.6 is 0 Å². The molecule has 0 aliphatic carbocycles. The molecule has 1 aromatic carbocycles. The molecule has 1 aliphatic rings. The van der Waals surface area contributed by atoms with Crippen LogP contribution in [-0.4, -0.2) is 56.0 Å². The van der Waals surface area contributed by atoms with E-state index in [2.05, 4.69) is 13.8 Å². The molecule has 1 fully saturated rings. The van der Waals surface area contributed by atoms with Gasteiger partial charge in [-0.1, -0.05) is 26.0 Å². The maximum absolute atomic E-state index is 12.6. The first kappa shape index (κ1) is 21.6. The quantitative estimate of drug-likeness (QED) is 0.667. The van der Waals surface area contributed by atoms with Crippen molar-refractivity contribution in [3.8, 4) is 0 Å². The molecule has 2 unspecified atom stereocenters. The number of rotatable bonds is 7. The molecular formula is C20H30N2O4S. The SMILES string of the molecule is CC(=O)c1ccc(S(=O)(=O)N(C)CCCC(=O)N2CC(C)CC(C)C2)cc1.